The predicted molar refractivity (Wildman–Crippen MR) is 96.6 cm³/mol. The molecule has 1 aliphatic rings. The number of hydrogen-bond donors (Lipinski definition) is 1. The van der Waals surface area contributed by atoms with Gasteiger partial charge in [0.05, 0.1) is 28.0 Å². The molecule has 0 fully saturated rings. The maximum absolute atomic E-state index is 12.5. The number of rotatable bonds is 7. The Labute approximate surface area is 139 Å². The van der Waals surface area contributed by atoms with E-state index in [0.29, 0.717) is 0 Å². The topological polar surface area (TPSA) is 47.6 Å². The van der Waals surface area contributed by atoms with Gasteiger partial charge in [-0.25, -0.2) is 8.93 Å². The first kappa shape index (κ1) is 19.9. The third-order valence-corrected chi connectivity index (χ3v) is 7.66. The molecule has 1 aliphatic heterocycles. The average molecular weight is 348 g/mol. The fourth-order valence-corrected chi connectivity index (χ4v) is 6.44. The van der Waals surface area contributed by atoms with E-state index in [2.05, 4.69) is 31.7 Å². The summed E-state index contributed by atoms with van der Waals surface area (Å²) in [6.07, 6.45) is 6.09. The standard InChI is InChI=1S/C16H33NO3SSi/c1-13(2)20-22(6,7)12-14(15-10-8-9-11-19-15)17-21(18)16(3,4)5/h9,11,13-15,17H,8,10,12H2,1-7H3/t14-,15+,21+/m1/s1. The van der Waals surface area contributed by atoms with Gasteiger partial charge >= 0.3 is 0 Å². The predicted octanol–water partition coefficient (Wildman–Crippen LogP) is 3.73. The molecule has 0 aromatic carbocycles. The van der Waals surface area contributed by atoms with E-state index in [1.165, 1.54) is 0 Å². The van der Waals surface area contributed by atoms with Crippen LogP contribution in [-0.2, 0) is 20.1 Å². The Morgan fingerprint density at radius 3 is 2.50 bits per heavy atom. The molecule has 0 saturated heterocycles. The van der Waals surface area contributed by atoms with E-state index >= 15 is 0 Å². The van der Waals surface area contributed by atoms with Crippen molar-refractivity contribution in [3.8, 4) is 0 Å². The Kier molecular flexibility index (Phi) is 7.30. The van der Waals surface area contributed by atoms with Crippen LogP contribution in [-0.4, -0.2) is 35.5 Å². The normalized spacial score (nSPS) is 22.5. The molecule has 6 heteroatoms. The highest BCUT2D eigenvalue weighted by Crippen LogP contribution is 2.24. The number of allylic oxidation sites excluding steroid dienone is 1. The highest BCUT2D eigenvalue weighted by atomic mass is 32.2. The lowest BCUT2D eigenvalue weighted by molar-refractivity contribution is 0.0966. The number of hydrogen-bond acceptors (Lipinski definition) is 3. The van der Waals surface area contributed by atoms with Crippen molar-refractivity contribution >= 4 is 19.3 Å². The van der Waals surface area contributed by atoms with Gasteiger partial charge in [0, 0.05) is 6.10 Å². The van der Waals surface area contributed by atoms with Crippen LogP contribution in [0.5, 0.6) is 0 Å². The Balaban J connectivity index is 2.82. The molecule has 130 valence electrons. The maximum atomic E-state index is 12.5. The van der Waals surface area contributed by atoms with Crippen molar-refractivity contribution in [1.29, 1.82) is 0 Å². The van der Waals surface area contributed by atoms with Gasteiger partial charge in [-0.05, 0) is 72.7 Å². The van der Waals surface area contributed by atoms with E-state index in [1.807, 2.05) is 26.8 Å². The van der Waals surface area contributed by atoms with Gasteiger partial charge in [-0.3, -0.25) is 0 Å². The van der Waals surface area contributed by atoms with Crippen molar-refractivity contribution in [2.45, 2.75) is 89.6 Å². The fourth-order valence-electron chi connectivity index (χ4n) is 2.63. The van der Waals surface area contributed by atoms with Crippen LogP contribution in [0.4, 0.5) is 0 Å². The van der Waals surface area contributed by atoms with Crippen LogP contribution in [0.3, 0.4) is 0 Å². The molecule has 0 bridgehead atoms. The molecule has 1 heterocycles. The number of nitrogens with one attached hydrogen (secondary N) is 1. The first-order valence-corrected chi connectivity index (χ1v) is 12.4. The Morgan fingerprint density at radius 2 is 2.05 bits per heavy atom. The molecule has 0 amide bonds. The molecule has 1 N–H and O–H groups in total. The largest absolute Gasteiger partial charge is 0.497 e. The molecule has 0 aromatic rings. The molecule has 0 aliphatic carbocycles. The smallest absolute Gasteiger partial charge is 0.188 e. The third kappa shape index (κ3) is 6.94. The lowest BCUT2D eigenvalue weighted by atomic mass is 10.1. The highest BCUT2D eigenvalue weighted by molar-refractivity contribution is 7.84. The average Bonchev–Trinajstić information content (AvgIpc) is 2.35. The Morgan fingerprint density at radius 1 is 1.41 bits per heavy atom. The number of ether oxygens (including phenoxy) is 1. The van der Waals surface area contributed by atoms with Crippen LogP contribution < -0.4 is 4.72 Å². The minimum atomic E-state index is -1.84. The summed E-state index contributed by atoms with van der Waals surface area (Å²) in [4.78, 5) is 0. The monoisotopic (exact) mass is 347 g/mol. The zero-order valence-corrected chi connectivity index (χ0v) is 17.0. The molecular formula is C16H33NO3SSi. The second-order valence-corrected chi connectivity index (χ2v) is 14.0. The summed E-state index contributed by atoms with van der Waals surface area (Å²) in [5, 5.41) is 0. The lowest BCUT2D eigenvalue weighted by Crippen LogP contribution is -2.51. The first-order valence-electron chi connectivity index (χ1n) is 8.17. The van der Waals surface area contributed by atoms with E-state index in [9.17, 15) is 4.21 Å². The fraction of sp³-hybridized carbons (Fsp3) is 0.875. The Bertz CT molecular complexity index is 405. The summed E-state index contributed by atoms with van der Waals surface area (Å²) in [5.74, 6) is 0. The van der Waals surface area contributed by atoms with Gasteiger partial charge in [0.15, 0.2) is 8.32 Å². The molecule has 0 saturated carbocycles. The second kappa shape index (κ2) is 8.08. The molecule has 0 spiro atoms. The molecule has 4 nitrogen and oxygen atoms in total. The summed E-state index contributed by atoms with van der Waals surface area (Å²) in [5.41, 5.74) is 0. The van der Waals surface area contributed by atoms with E-state index < -0.39 is 19.3 Å². The van der Waals surface area contributed by atoms with E-state index in [0.717, 1.165) is 18.9 Å². The minimum absolute atomic E-state index is 0.0606. The van der Waals surface area contributed by atoms with Crippen molar-refractivity contribution in [3.63, 3.8) is 0 Å². The maximum Gasteiger partial charge on any atom is 0.188 e. The molecule has 3 atom stereocenters. The van der Waals surface area contributed by atoms with Crippen LogP contribution in [0.15, 0.2) is 12.3 Å². The van der Waals surface area contributed by atoms with Crippen molar-refractivity contribution in [2.75, 3.05) is 0 Å². The summed E-state index contributed by atoms with van der Waals surface area (Å²) < 4.78 is 27.5. The Hall–Kier alpha value is -0.173. The van der Waals surface area contributed by atoms with Gasteiger partial charge in [0.1, 0.15) is 6.10 Å². The zero-order chi connectivity index (χ0) is 17.0. The summed E-state index contributed by atoms with van der Waals surface area (Å²) >= 11 is 0. The van der Waals surface area contributed by atoms with Gasteiger partial charge < -0.3 is 9.16 Å². The molecular weight excluding hydrogens is 314 g/mol. The SMILES string of the molecule is CC(C)O[Si](C)(C)C[C@@H](N[S@@](=O)C(C)(C)C)[C@@H]1CCC=CO1. The van der Waals surface area contributed by atoms with Gasteiger partial charge in [-0.2, -0.15) is 0 Å². The van der Waals surface area contributed by atoms with Crippen molar-refractivity contribution in [2.24, 2.45) is 0 Å². The van der Waals surface area contributed by atoms with Crippen molar-refractivity contribution in [1.82, 2.24) is 4.72 Å². The highest BCUT2D eigenvalue weighted by Gasteiger charge is 2.36. The van der Waals surface area contributed by atoms with Crippen LogP contribution in [0.1, 0.15) is 47.5 Å². The third-order valence-electron chi connectivity index (χ3n) is 3.50. The molecule has 1 rings (SSSR count). The van der Waals surface area contributed by atoms with Crippen LogP contribution in [0.25, 0.3) is 0 Å². The van der Waals surface area contributed by atoms with Crippen LogP contribution in [0, 0.1) is 0 Å². The zero-order valence-electron chi connectivity index (χ0n) is 15.1. The van der Waals surface area contributed by atoms with Gasteiger partial charge in [0.25, 0.3) is 0 Å². The minimum Gasteiger partial charge on any atom is -0.497 e. The summed E-state index contributed by atoms with van der Waals surface area (Å²) in [6.45, 7) is 14.6. The summed E-state index contributed by atoms with van der Waals surface area (Å²) in [7, 11) is -2.94. The quantitative estimate of drug-likeness (QED) is 0.714. The molecule has 0 unspecified atom stereocenters. The molecule has 22 heavy (non-hydrogen) atoms. The van der Waals surface area contributed by atoms with Crippen molar-refractivity contribution in [3.05, 3.63) is 12.3 Å². The van der Waals surface area contributed by atoms with Gasteiger partial charge in [-0.1, -0.05) is 0 Å². The molecule has 0 radical (unpaired) electrons. The van der Waals surface area contributed by atoms with E-state index in [1.54, 1.807) is 6.26 Å². The molecule has 0 aromatic heterocycles. The van der Waals surface area contributed by atoms with Gasteiger partial charge in [0.2, 0.25) is 0 Å². The second-order valence-electron chi connectivity index (χ2n) is 7.86. The van der Waals surface area contributed by atoms with Crippen molar-refractivity contribution < 1.29 is 13.4 Å². The van der Waals surface area contributed by atoms with Crippen LogP contribution in [0.2, 0.25) is 19.1 Å². The summed E-state index contributed by atoms with van der Waals surface area (Å²) in [6, 6.07) is 0.955. The van der Waals surface area contributed by atoms with Gasteiger partial charge in [-0.15, -0.1) is 0 Å². The first-order chi connectivity index (χ1) is 10.0. The van der Waals surface area contributed by atoms with E-state index in [4.69, 9.17) is 9.16 Å². The van der Waals surface area contributed by atoms with E-state index in [-0.39, 0.29) is 23.0 Å². The van der Waals surface area contributed by atoms with Crippen LogP contribution >= 0.6 is 0 Å². The lowest BCUT2D eigenvalue weighted by Gasteiger charge is -2.36.